The molecule has 0 aliphatic carbocycles. The van der Waals surface area contributed by atoms with Gasteiger partial charge in [0, 0.05) is 12.1 Å². The molecule has 27 heavy (non-hydrogen) atoms. The highest BCUT2D eigenvalue weighted by Crippen LogP contribution is 2.33. The summed E-state index contributed by atoms with van der Waals surface area (Å²) in [7, 11) is 0. The summed E-state index contributed by atoms with van der Waals surface area (Å²) >= 11 is 0. The molecule has 2 aromatic rings. The van der Waals surface area contributed by atoms with Gasteiger partial charge in [0.1, 0.15) is 29.0 Å². The van der Waals surface area contributed by atoms with Crippen LogP contribution in [0.3, 0.4) is 0 Å². The lowest BCUT2D eigenvalue weighted by Gasteiger charge is -2.17. The van der Waals surface area contributed by atoms with Crippen LogP contribution in [0, 0.1) is 23.3 Å². The lowest BCUT2D eigenvalue weighted by Crippen LogP contribution is -2.23. The van der Waals surface area contributed by atoms with E-state index >= 15 is 0 Å². The summed E-state index contributed by atoms with van der Waals surface area (Å²) in [6.45, 7) is 7.60. The topological polar surface area (TPSA) is 12.5 Å². The van der Waals surface area contributed by atoms with Crippen LogP contribution >= 0.6 is 0 Å². The molecule has 148 valence electrons. The fourth-order valence-corrected chi connectivity index (χ4v) is 2.95. The average Bonchev–Trinajstić information content (AvgIpc) is 2.63. The zero-order valence-corrected chi connectivity index (χ0v) is 15.7. The summed E-state index contributed by atoms with van der Waals surface area (Å²) in [5, 5.41) is 0. The quantitative estimate of drug-likeness (QED) is 0.380. The highest BCUT2D eigenvalue weighted by molar-refractivity contribution is 5.67. The Bertz CT molecular complexity index is 704. The molecule has 0 unspecified atom stereocenters. The van der Waals surface area contributed by atoms with Crippen LogP contribution < -0.4 is 4.74 Å². The molecule has 0 saturated heterocycles. The van der Waals surface area contributed by atoms with Crippen molar-refractivity contribution in [3.63, 3.8) is 0 Å². The van der Waals surface area contributed by atoms with Crippen molar-refractivity contribution in [1.82, 2.24) is 4.90 Å². The van der Waals surface area contributed by atoms with Crippen LogP contribution in [0.2, 0.25) is 0 Å². The Kier molecular flexibility index (Phi) is 8.10. The van der Waals surface area contributed by atoms with E-state index in [2.05, 4.69) is 18.7 Å². The maximum atomic E-state index is 14.3. The molecule has 0 saturated carbocycles. The van der Waals surface area contributed by atoms with Gasteiger partial charge in [-0.1, -0.05) is 19.9 Å². The first-order valence-corrected chi connectivity index (χ1v) is 9.26. The summed E-state index contributed by atoms with van der Waals surface area (Å²) in [6, 6.07) is 4.97. The second-order valence-corrected chi connectivity index (χ2v) is 6.29. The highest BCUT2D eigenvalue weighted by Gasteiger charge is 2.20. The molecule has 0 spiro atoms. The zero-order valence-electron chi connectivity index (χ0n) is 15.7. The van der Waals surface area contributed by atoms with Gasteiger partial charge in [-0.25, -0.2) is 17.6 Å². The summed E-state index contributed by atoms with van der Waals surface area (Å²) in [5.41, 5.74) is -1.44. The van der Waals surface area contributed by atoms with Crippen LogP contribution in [0.15, 0.2) is 30.3 Å². The molecule has 0 aliphatic rings. The minimum absolute atomic E-state index is 0.00856. The standard InChI is InChI=1S/C21H25F4NO/c1-3-26(4-2)11-6-5-7-12-27-15-13-18(24)21(19(25)14-15)20-16(22)9-8-10-17(20)23/h8-10,13-14H,3-7,11-12H2,1-2H3. The molecule has 0 radical (unpaired) electrons. The molecule has 0 aliphatic heterocycles. The first-order chi connectivity index (χ1) is 13.0. The fourth-order valence-electron chi connectivity index (χ4n) is 2.95. The number of hydrogen-bond acceptors (Lipinski definition) is 2. The van der Waals surface area contributed by atoms with Crippen LogP contribution in [-0.4, -0.2) is 31.1 Å². The van der Waals surface area contributed by atoms with E-state index in [9.17, 15) is 17.6 Å². The third-order valence-electron chi connectivity index (χ3n) is 4.51. The molecule has 0 bridgehead atoms. The van der Waals surface area contributed by atoms with E-state index in [-0.39, 0.29) is 5.75 Å². The molecule has 0 aromatic heterocycles. The number of rotatable bonds is 10. The number of ether oxygens (including phenoxy) is 1. The summed E-state index contributed by atoms with van der Waals surface area (Å²) in [4.78, 5) is 2.33. The van der Waals surface area contributed by atoms with Crippen LogP contribution in [0.4, 0.5) is 17.6 Å². The van der Waals surface area contributed by atoms with Crippen LogP contribution in [-0.2, 0) is 0 Å². The molecule has 2 rings (SSSR count). The molecule has 0 amide bonds. The number of halogens is 4. The van der Waals surface area contributed by atoms with E-state index in [0.717, 1.165) is 69.2 Å². The van der Waals surface area contributed by atoms with Gasteiger partial charge in [-0.3, -0.25) is 0 Å². The van der Waals surface area contributed by atoms with E-state index in [1.165, 1.54) is 0 Å². The lowest BCUT2D eigenvalue weighted by molar-refractivity contribution is 0.276. The monoisotopic (exact) mass is 383 g/mol. The molecule has 0 fully saturated rings. The van der Waals surface area contributed by atoms with Gasteiger partial charge in [-0.05, 0) is 51.0 Å². The highest BCUT2D eigenvalue weighted by atomic mass is 19.1. The first kappa shape index (κ1) is 21.2. The van der Waals surface area contributed by atoms with Crippen molar-refractivity contribution in [3.8, 4) is 16.9 Å². The molecular formula is C21H25F4NO. The number of hydrogen-bond donors (Lipinski definition) is 0. The van der Waals surface area contributed by atoms with Crippen molar-refractivity contribution < 1.29 is 22.3 Å². The van der Waals surface area contributed by atoms with Crippen molar-refractivity contribution in [2.75, 3.05) is 26.2 Å². The Hall–Kier alpha value is -2.08. The van der Waals surface area contributed by atoms with Gasteiger partial charge in [-0.15, -0.1) is 0 Å². The van der Waals surface area contributed by atoms with Gasteiger partial charge in [0.15, 0.2) is 0 Å². The Labute approximate surface area is 157 Å². The predicted octanol–water partition coefficient (Wildman–Crippen LogP) is 5.80. The lowest BCUT2D eigenvalue weighted by atomic mass is 10.0. The van der Waals surface area contributed by atoms with Crippen molar-refractivity contribution in [2.24, 2.45) is 0 Å². The largest absolute Gasteiger partial charge is 0.493 e. The van der Waals surface area contributed by atoms with Gasteiger partial charge < -0.3 is 9.64 Å². The van der Waals surface area contributed by atoms with Crippen LogP contribution in [0.5, 0.6) is 5.75 Å². The maximum absolute atomic E-state index is 14.3. The van der Waals surface area contributed by atoms with Crippen LogP contribution in [0.25, 0.3) is 11.1 Å². The van der Waals surface area contributed by atoms with Gasteiger partial charge in [-0.2, -0.15) is 0 Å². The molecular weight excluding hydrogens is 358 g/mol. The van der Waals surface area contributed by atoms with Gasteiger partial charge in [0.05, 0.1) is 17.7 Å². The Morgan fingerprint density at radius 1 is 0.778 bits per heavy atom. The smallest absolute Gasteiger partial charge is 0.137 e. The summed E-state index contributed by atoms with van der Waals surface area (Å²) < 4.78 is 61.6. The van der Waals surface area contributed by atoms with Crippen molar-refractivity contribution in [1.29, 1.82) is 0 Å². The first-order valence-electron chi connectivity index (χ1n) is 9.26. The molecule has 2 aromatic carbocycles. The minimum atomic E-state index is -1.06. The zero-order chi connectivity index (χ0) is 19.8. The normalized spacial score (nSPS) is 11.2. The summed E-state index contributed by atoms with van der Waals surface area (Å²) in [6.07, 6.45) is 2.73. The third-order valence-corrected chi connectivity index (χ3v) is 4.51. The van der Waals surface area contributed by atoms with Crippen molar-refractivity contribution >= 4 is 0 Å². The van der Waals surface area contributed by atoms with Gasteiger partial charge in [0.25, 0.3) is 0 Å². The maximum Gasteiger partial charge on any atom is 0.137 e. The molecule has 0 N–H and O–H groups in total. The molecule has 6 heteroatoms. The number of nitrogens with zero attached hydrogens (tertiary/aromatic N) is 1. The second kappa shape index (κ2) is 10.3. The van der Waals surface area contributed by atoms with Crippen molar-refractivity contribution in [2.45, 2.75) is 33.1 Å². The minimum Gasteiger partial charge on any atom is -0.493 e. The number of unbranched alkanes of at least 4 members (excludes halogenated alkanes) is 2. The summed E-state index contributed by atoms with van der Waals surface area (Å²) in [5.74, 6) is -4.15. The van der Waals surface area contributed by atoms with E-state index in [0.29, 0.717) is 6.61 Å². The van der Waals surface area contributed by atoms with Crippen molar-refractivity contribution in [3.05, 3.63) is 53.6 Å². The molecule has 0 heterocycles. The van der Waals surface area contributed by atoms with Gasteiger partial charge in [0.2, 0.25) is 0 Å². The van der Waals surface area contributed by atoms with E-state index in [4.69, 9.17) is 4.74 Å². The third kappa shape index (κ3) is 5.70. The van der Waals surface area contributed by atoms with Crippen LogP contribution in [0.1, 0.15) is 33.1 Å². The SMILES string of the molecule is CCN(CC)CCCCCOc1cc(F)c(-c2c(F)cccc2F)c(F)c1. The fraction of sp³-hybridized carbons (Fsp3) is 0.429. The van der Waals surface area contributed by atoms with E-state index in [1.54, 1.807) is 0 Å². The Balaban J connectivity index is 1.95. The van der Waals surface area contributed by atoms with Gasteiger partial charge >= 0.3 is 0 Å². The predicted molar refractivity (Wildman–Crippen MR) is 98.8 cm³/mol. The molecule has 0 atom stereocenters. The van der Waals surface area contributed by atoms with E-state index < -0.39 is 34.4 Å². The second-order valence-electron chi connectivity index (χ2n) is 6.29. The number of benzene rings is 2. The van der Waals surface area contributed by atoms with E-state index in [1.807, 2.05) is 0 Å². The average molecular weight is 383 g/mol. The Morgan fingerprint density at radius 2 is 1.33 bits per heavy atom. The Morgan fingerprint density at radius 3 is 1.89 bits per heavy atom. The molecule has 2 nitrogen and oxygen atoms in total.